The van der Waals surface area contributed by atoms with Gasteiger partial charge in [0.15, 0.2) is 0 Å². The number of nitrogens with zero attached hydrogens (tertiary/aromatic N) is 1. The van der Waals surface area contributed by atoms with Gasteiger partial charge in [-0.2, -0.15) is 0 Å². The van der Waals surface area contributed by atoms with Gasteiger partial charge in [0.25, 0.3) is 5.91 Å². The van der Waals surface area contributed by atoms with Crippen LogP contribution in [-0.2, 0) is 4.74 Å². The second kappa shape index (κ2) is 6.77. The molecule has 0 aliphatic carbocycles. The number of carbonyl (C=O) groups excluding carboxylic acids is 1. The molecule has 1 N–H and O–H groups in total. The second-order valence-electron chi connectivity index (χ2n) is 5.86. The van der Waals surface area contributed by atoms with Crippen LogP contribution in [0.4, 0.5) is 0 Å². The predicted molar refractivity (Wildman–Crippen MR) is 84.9 cm³/mol. The van der Waals surface area contributed by atoms with Crippen LogP contribution < -0.4 is 5.32 Å². The number of hydrogen-bond acceptors (Lipinski definition) is 3. The average molecular weight is 311 g/mol. The Morgan fingerprint density at radius 2 is 2.14 bits per heavy atom. The zero-order chi connectivity index (χ0) is 15.6. The summed E-state index contributed by atoms with van der Waals surface area (Å²) in [6, 6.07) is 5.78. The maximum atomic E-state index is 12.4. The van der Waals surface area contributed by atoms with Gasteiger partial charge < -0.3 is 10.1 Å². The first kappa shape index (κ1) is 16.3. The van der Waals surface area contributed by atoms with E-state index in [2.05, 4.69) is 24.1 Å². The lowest BCUT2D eigenvalue weighted by Gasteiger charge is -2.20. The van der Waals surface area contributed by atoms with E-state index in [9.17, 15) is 4.79 Å². The monoisotopic (exact) mass is 310 g/mol. The van der Waals surface area contributed by atoms with Crippen LogP contribution in [0.3, 0.4) is 0 Å². The van der Waals surface area contributed by atoms with Gasteiger partial charge in [0, 0.05) is 36.8 Å². The van der Waals surface area contributed by atoms with E-state index in [1.165, 1.54) is 0 Å². The quantitative estimate of drug-likeness (QED) is 0.929. The molecule has 116 valence electrons. The second-order valence-corrected chi connectivity index (χ2v) is 6.30. The fraction of sp³-hybridized carbons (Fsp3) is 0.562. The van der Waals surface area contributed by atoms with Crippen molar-refractivity contribution in [3.05, 3.63) is 34.3 Å². The minimum Gasteiger partial charge on any atom is -0.378 e. The van der Waals surface area contributed by atoms with Gasteiger partial charge in [0.05, 0.1) is 12.1 Å². The first-order valence-corrected chi connectivity index (χ1v) is 7.64. The van der Waals surface area contributed by atoms with E-state index in [1.807, 2.05) is 6.92 Å². The third-order valence-corrected chi connectivity index (χ3v) is 4.31. The van der Waals surface area contributed by atoms with Crippen molar-refractivity contribution in [2.75, 3.05) is 20.2 Å². The third-order valence-electron chi connectivity index (χ3n) is 4.08. The molecule has 0 aromatic heterocycles. The van der Waals surface area contributed by atoms with Crippen molar-refractivity contribution in [2.24, 2.45) is 0 Å². The molecule has 1 amide bonds. The molecule has 21 heavy (non-hydrogen) atoms. The fourth-order valence-corrected chi connectivity index (χ4v) is 2.96. The number of nitrogens with one attached hydrogen (secondary N) is 1. The Labute approximate surface area is 131 Å². The van der Waals surface area contributed by atoms with Crippen LogP contribution in [-0.4, -0.2) is 49.2 Å². The van der Waals surface area contributed by atoms with Gasteiger partial charge in [0.2, 0.25) is 0 Å². The zero-order valence-corrected chi connectivity index (χ0v) is 13.8. The Kier molecular flexibility index (Phi) is 5.25. The van der Waals surface area contributed by atoms with E-state index in [4.69, 9.17) is 16.3 Å². The van der Waals surface area contributed by atoms with Crippen molar-refractivity contribution in [1.29, 1.82) is 0 Å². The number of ether oxygens (including phenoxy) is 1. The molecule has 1 aliphatic heterocycles. The molecular formula is C16H23ClN2O2. The molecular weight excluding hydrogens is 288 g/mol. The maximum absolute atomic E-state index is 12.4. The summed E-state index contributed by atoms with van der Waals surface area (Å²) in [5.74, 6) is -0.0678. The van der Waals surface area contributed by atoms with E-state index in [0.717, 1.165) is 18.7 Å². The summed E-state index contributed by atoms with van der Waals surface area (Å²) in [5, 5.41) is 3.74. The molecule has 0 spiro atoms. The maximum Gasteiger partial charge on any atom is 0.251 e. The smallest absolute Gasteiger partial charge is 0.251 e. The molecule has 1 saturated heterocycles. The van der Waals surface area contributed by atoms with E-state index >= 15 is 0 Å². The van der Waals surface area contributed by atoms with Gasteiger partial charge in [-0.05, 0) is 44.5 Å². The van der Waals surface area contributed by atoms with E-state index in [0.29, 0.717) is 16.6 Å². The molecule has 0 bridgehead atoms. The Morgan fingerprint density at radius 1 is 1.43 bits per heavy atom. The predicted octanol–water partition coefficient (Wildman–Crippen LogP) is 2.49. The molecule has 1 aromatic carbocycles. The molecule has 4 nitrogen and oxygen atoms in total. The minimum absolute atomic E-state index is 0.0139. The Hall–Kier alpha value is -1.10. The molecule has 2 atom stereocenters. The molecule has 2 rings (SSSR count). The first-order valence-electron chi connectivity index (χ1n) is 7.26. The molecule has 0 saturated carbocycles. The topological polar surface area (TPSA) is 41.6 Å². The summed E-state index contributed by atoms with van der Waals surface area (Å²) in [4.78, 5) is 14.8. The average Bonchev–Trinajstić information content (AvgIpc) is 2.81. The number of amides is 1. The van der Waals surface area contributed by atoms with E-state index in [-0.39, 0.29) is 18.1 Å². The number of likely N-dealkylation sites (tertiary alicyclic amines) is 1. The summed E-state index contributed by atoms with van der Waals surface area (Å²) in [6.45, 7) is 7.86. The van der Waals surface area contributed by atoms with Crippen molar-refractivity contribution in [1.82, 2.24) is 10.2 Å². The number of benzene rings is 1. The summed E-state index contributed by atoms with van der Waals surface area (Å²) in [5.41, 5.74) is 1.55. The Morgan fingerprint density at radius 3 is 2.71 bits per heavy atom. The number of aryl methyl sites for hydroxylation is 1. The third kappa shape index (κ3) is 3.76. The summed E-state index contributed by atoms with van der Waals surface area (Å²) in [7, 11) is 1.70. The molecule has 5 heteroatoms. The van der Waals surface area contributed by atoms with Gasteiger partial charge in [-0.3, -0.25) is 9.69 Å². The number of methoxy groups -OCH3 is 1. The van der Waals surface area contributed by atoms with Crippen LogP contribution >= 0.6 is 11.6 Å². The lowest BCUT2D eigenvalue weighted by atomic mass is 10.1. The zero-order valence-electron chi connectivity index (χ0n) is 13.0. The van der Waals surface area contributed by atoms with Crippen LogP contribution in [0.25, 0.3) is 0 Å². The highest BCUT2D eigenvalue weighted by Gasteiger charge is 2.35. The van der Waals surface area contributed by atoms with Crippen molar-refractivity contribution in [3.63, 3.8) is 0 Å². The molecule has 0 unspecified atom stereocenters. The Bertz CT molecular complexity index is 519. The van der Waals surface area contributed by atoms with Crippen molar-refractivity contribution >= 4 is 17.5 Å². The highest BCUT2D eigenvalue weighted by Crippen LogP contribution is 2.18. The van der Waals surface area contributed by atoms with Crippen molar-refractivity contribution < 1.29 is 9.53 Å². The highest BCUT2D eigenvalue weighted by molar-refractivity contribution is 6.30. The summed E-state index contributed by atoms with van der Waals surface area (Å²) in [6.07, 6.45) is 0.0314. The molecule has 1 fully saturated rings. The minimum atomic E-state index is -0.0678. The first-order chi connectivity index (χ1) is 9.92. The Balaban J connectivity index is 2.08. The van der Waals surface area contributed by atoms with E-state index < -0.39 is 0 Å². The van der Waals surface area contributed by atoms with Gasteiger partial charge in [-0.1, -0.05) is 11.6 Å². The molecule has 1 aromatic rings. The number of rotatable bonds is 4. The van der Waals surface area contributed by atoms with Gasteiger partial charge in [0.1, 0.15) is 0 Å². The van der Waals surface area contributed by atoms with E-state index in [1.54, 1.807) is 25.3 Å². The number of carbonyl (C=O) groups is 1. The lowest BCUT2D eigenvalue weighted by Crippen LogP contribution is -2.44. The fourth-order valence-electron chi connectivity index (χ4n) is 2.73. The summed E-state index contributed by atoms with van der Waals surface area (Å²) < 4.78 is 5.51. The van der Waals surface area contributed by atoms with Gasteiger partial charge >= 0.3 is 0 Å². The van der Waals surface area contributed by atoms with Gasteiger partial charge in [-0.15, -0.1) is 0 Å². The van der Waals surface area contributed by atoms with Crippen molar-refractivity contribution in [3.8, 4) is 0 Å². The molecule has 1 aliphatic rings. The number of halogens is 1. The summed E-state index contributed by atoms with van der Waals surface area (Å²) >= 11 is 5.93. The van der Waals surface area contributed by atoms with Crippen LogP contribution in [0.2, 0.25) is 5.02 Å². The number of hydrogen-bond donors (Lipinski definition) is 1. The van der Waals surface area contributed by atoms with Gasteiger partial charge in [-0.25, -0.2) is 0 Å². The largest absolute Gasteiger partial charge is 0.378 e. The normalized spacial score (nSPS) is 22.8. The lowest BCUT2D eigenvalue weighted by molar-refractivity contribution is 0.0753. The van der Waals surface area contributed by atoms with Crippen LogP contribution in [0.5, 0.6) is 0 Å². The van der Waals surface area contributed by atoms with Crippen molar-refractivity contribution in [2.45, 2.75) is 39.0 Å². The molecule has 0 radical (unpaired) electrons. The molecule has 1 heterocycles. The highest BCUT2D eigenvalue weighted by atomic mass is 35.5. The van der Waals surface area contributed by atoms with Crippen LogP contribution in [0.1, 0.15) is 29.8 Å². The standard InChI is InChI=1S/C16H23ClN2O2/c1-10(2)19-8-14(15(9-19)21-4)18-16(20)13-6-5-12(17)7-11(13)3/h5-7,10,14-15H,8-9H2,1-4H3,(H,18,20)/t14-,15-/m1/s1. The SMILES string of the molecule is CO[C@@H]1CN(C(C)C)C[C@H]1NC(=O)c1ccc(Cl)cc1C. The van der Waals surface area contributed by atoms with Crippen LogP contribution in [0.15, 0.2) is 18.2 Å². The van der Waals surface area contributed by atoms with Crippen LogP contribution in [0, 0.1) is 6.92 Å².